The van der Waals surface area contributed by atoms with E-state index in [1.807, 2.05) is 32.0 Å². The van der Waals surface area contributed by atoms with Crippen LogP contribution in [0.2, 0.25) is 0 Å². The summed E-state index contributed by atoms with van der Waals surface area (Å²) in [6, 6.07) is 5.70. The molecule has 1 atom stereocenters. The molecule has 7 nitrogen and oxygen atoms in total. The van der Waals surface area contributed by atoms with Gasteiger partial charge in [0.05, 0.1) is 49.7 Å². The molecule has 0 spiro atoms. The smallest absolute Gasteiger partial charge is 0.308 e. The zero-order valence-electron chi connectivity index (χ0n) is 14.8. The van der Waals surface area contributed by atoms with E-state index in [-0.39, 0.29) is 18.5 Å². The third-order valence-corrected chi connectivity index (χ3v) is 3.75. The summed E-state index contributed by atoms with van der Waals surface area (Å²) in [5.41, 5.74) is 1.86. The number of carbonyl (C=O) groups excluding carboxylic acids is 1. The number of nitrogens with zero attached hydrogens (tertiary/aromatic N) is 1. The van der Waals surface area contributed by atoms with Crippen molar-refractivity contribution >= 4 is 17.0 Å². The Kier molecular flexibility index (Phi) is 8.21. The topological polar surface area (TPSA) is 82.7 Å². The first-order chi connectivity index (χ1) is 12.2. The number of carbonyl (C=O) groups is 1. The molecule has 1 unspecified atom stereocenters. The highest BCUT2D eigenvalue weighted by atomic mass is 16.6. The van der Waals surface area contributed by atoms with E-state index in [4.69, 9.17) is 18.9 Å². The van der Waals surface area contributed by atoms with Crippen LogP contribution in [0.3, 0.4) is 0 Å². The molecule has 0 aliphatic heterocycles. The molecule has 0 saturated heterocycles. The van der Waals surface area contributed by atoms with Crippen molar-refractivity contribution < 1.29 is 23.7 Å². The number of imidazole rings is 1. The molecule has 1 heterocycles. The largest absolute Gasteiger partial charge is 0.491 e. The third kappa shape index (κ3) is 6.72. The van der Waals surface area contributed by atoms with Crippen LogP contribution in [0.4, 0.5) is 0 Å². The second-order valence-electron chi connectivity index (χ2n) is 5.63. The minimum absolute atomic E-state index is 0.0580. The van der Waals surface area contributed by atoms with Gasteiger partial charge >= 0.3 is 5.97 Å². The zero-order chi connectivity index (χ0) is 17.9. The summed E-state index contributed by atoms with van der Waals surface area (Å²) in [5.74, 6) is 0.546. The SMILES string of the molecule is CCC(C)C(=O)OCCOCCOCCOc1ccc2nc[nH]c2c1. The Morgan fingerprint density at radius 2 is 1.84 bits per heavy atom. The van der Waals surface area contributed by atoms with Gasteiger partial charge in [0.1, 0.15) is 19.0 Å². The molecule has 1 aromatic carbocycles. The van der Waals surface area contributed by atoms with E-state index in [0.717, 1.165) is 23.2 Å². The van der Waals surface area contributed by atoms with E-state index in [0.29, 0.717) is 33.0 Å². The first-order valence-corrected chi connectivity index (χ1v) is 8.58. The highest BCUT2D eigenvalue weighted by Gasteiger charge is 2.11. The van der Waals surface area contributed by atoms with Crippen molar-refractivity contribution in [2.75, 3.05) is 39.6 Å². The van der Waals surface area contributed by atoms with Crippen molar-refractivity contribution in [1.29, 1.82) is 0 Å². The molecule has 0 saturated carbocycles. The molecule has 1 N–H and O–H groups in total. The summed E-state index contributed by atoms with van der Waals surface area (Å²) in [6.45, 7) is 6.35. The number of aromatic nitrogens is 2. The number of esters is 1. The fourth-order valence-corrected chi connectivity index (χ4v) is 2.06. The summed E-state index contributed by atoms with van der Waals surface area (Å²) in [7, 11) is 0. The van der Waals surface area contributed by atoms with Crippen molar-refractivity contribution in [3.8, 4) is 5.75 Å². The van der Waals surface area contributed by atoms with Crippen molar-refractivity contribution in [2.45, 2.75) is 20.3 Å². The second-order valence-corrected chi connectivity index (χ2v) is 5.63. The van der Waals surface area contributed by atoms with E-state index >= 15 is 0 Å². The van der Waals surface area contributed by atoms with Crippen LogP contribution in [0.1, 0.15) is 20.3 Å². The number of hydrogen-bond donors (Lipinski definition) is 1. The van der Waals surface area contributed by atoms with E-state index in [2.05, 4.69) is 9.97 Å². The Bertz CT molecular complexity index is 643. The van der Waals surface area contributed by atoms with Gasteiger partial charge in [-0.2, -0.15) is 0 Å². The fourth-order valence-electron chi connectivity index (χ4n) is 2.06. The van der Waals surface area contributed by atoms with Crippen molar-refractivity contribution in [1.82, 2.24) is 9.97 Å². The lowest BCUT2D eigenvalue weighted by Crippen LogP contribution is -2.18. The molecule has 0 aliphatic rings. The maximum absolute atomic E-state index is 11.4. The van der Waals surface area contributed by atoms with Crippen LogP contribution >= 0.6 is 0 Å². The minimum Gasteiger partial charge on any atom is -0.491 e. The van der Waals surface area contributed by atoms with Crippen molar-refractivity contribution in [3.05, 3.63) is 24.5 Å². The van der Waals surface area contributed by atoms with Gasteiger partial charge in [-0.1, -0.05) is 13.8 Å². The van der Waals surface area contributed by atoms with Crippen molar-refractivity contribution in [3.63, 3.8) is 0 Å². The Morgan fingerprint density at radius 3 is 2.60 bits per heavy atom. The number of rotatable bonds is 12. The maximum Gasteiger partial charge on any atom is 0.308 e. The van der Waals surface area contributed by atoms with Gasteiger partial charge in [0, 0.05) is 6.07 Å². The normalized spacial score (nSPS) is 12.2. The van der Waals surface area contributed by atoms with Crippen LogP contribution in [0, 0.1) is 5.92 Å². The van der Waals surface area contributed by atoms with E-state index in [9.17, 15) is 4.79 Å². The predicted molar refractivity (Wildman–Crippen MR) is 93.6 cm³/mol. The Morgan fingerprint density at radius 1 is 1.12 bits per heavy atom. The minimum atomic E-state index is -0.173. The molecule has 0 bridgehead atoms. The van der Waals surface area contributed by atoms with E-state index in [1.165, 1.54) is 0 Å². The highest BCUT2D eigenvalue weighted by Crippen LogP contribution is 2.17. The molecule has 2 aromatic rings. The van der Waals surface area contributed by atoms with Gasteiger partial charge < -0.3 is 23.9 Å². The lowest BCUT2D eigenvalue weighted by Gasteiger charge is -2.10. The van der Waals surface area contributed by atoms with E-state index < -0.39 is 0 Å². The highest BCUT2D eigenvalue weighted by molar-refractivity contribution is 5.75. The van der Waals surface area contributed by atoms with Gasteiger partial charge in [-0.3, -0.25) is 4.79 Å². The lowest BCUT2D eigenvalue weighted by molar-refractivity contribution is -0.149. The average molecular weight is 350 g/mol. The molecule has 1 aromatic heterocycles. The number of aromatic amines is 1. The molecule has 0 radical (unpaired) electrons. The average Bonchev–Trinajstić information content (AvgIpc) is 3.10. The van der Waals surface area contributed by atoms with Gasteiger partial charge in [0.25, 0.3) is 0 Å². The fraction of sp³-hybridized carbons (Fsp3) is 0.556. The molecular weight excluding hydrogens is 324 g/mol. The predicted octanol–water partition coefficient (Wildman–Crippen LogP) is 2.56. The molecule has 25 heavy (non-hydrogen) atoms. The summed E-state index contributed by atoms with van der Waals surface area (Å²) in [6.07, 6.45) is 2.44. The van der Waals surface area contributed by atoms with E-state index in [1.54, 1.807) is 6.33 Å². The number of ether oxygens (including phenoxy) is 4. The van der Waals surface area contributed by atoms with Crippen LogP contribution in [0.15, 0.2) is 24.5 Å². The van der Waals surface area contributed by atoms with Crippen LogP contribution in [-0.2, 0) is 19.0 Å². The number of benzene rings is 1. The van der Waals surface area contributed by atoms with Gasteiger partial charge in [0.15, 0.2) is 0 Å². The van der Waals surface area contributed by atoms with Gasteiger partial charge in [-0.15, -0.1) is 0 Å². The molecule has 0 fully saturated rings. The maximum atomic E-state index is 11.4. The van der Waals surface area contributed by atoms with Crippen molar-refractivity contribution in [2.24, 2.45) is 5.92 Å². The molecule has 7 heteroatoms. The third-order valence-electron chi connectivity index (χ3n) is 3.75. The Labute approximate surface area is 147 Å². The summed E-state index contributed by atoms with van der Waals surface area (Å²) in [5, 5.41) is 0. The number of nitrogens with one attached hydrogen (secondary N) is 1. The van der Waals surface area contributed by atoms with Crippen LogP contribution < -0.4 is 4.74 Å². The number of hydrogen-bond acceptors (Lipinski definition) is 6. The second kappa shape index (κ2) is 10.7. The summed E-state index contributed by atoms with van der Waals surface area (Å²) < 4.78 is 21.5. The first kappa shape index (κ1) is 19.2. The van der Waals surface area contributed by atoms with Crippen LogP contribution in [-0.4, -0.2) is 55.6 Å². The number of H-pyrrole nitrogens is 1. The van der Waals surface area contributed by atoms with Gasteiger partial charge in [-0.25, -0.2) is 4.98 Å². The van der Waals surface area contributed by atoms with Gasteiger partial charge in [-0.05, 0) is 18.6 Å². The van der Waals surface area contributed by atoms with Crippen LogP contribution in [0.25, 0.3) is 11.0 Å². The van der Waals surface area contributed by atoms with Crippen LogP contribution in [0.5, 0.6) is 5.75 Å². The molecule has 138 valence electrons. The lowest BCUT2D eigenvalue weighted by atomic mass is 10.1. The molecule has 0 aliphatic carbocycles. The monoisotopic (exact) mass is 350 g/mol. The standard InChI is InChI=1S/C18H26N2O5/c1-3-14(2)18(21)25-11-9-23-7-6-22-8-10-24-15-4-5-16-17(12-15)20-13-19-16/h4-5,12-14H,3,6-11H2,1-2H3,(H,19,20). The zero-order valence-corrected chi connectivity index (χ0v) is 14.8. The summed E-state index contributed by atoms with van der Waals surface area (Å²) in [4.78, 5) is 18.6. The molecular formula is C18H26N2O5. The summed E-state index contributed by atoms with van der Waals surface area (Å²) >= 11 is 0. The van der Waals surface area contributed by atoms with Gasteiger partial charge in [0.2, 0.25) is 0 Å². The Balaban J connectivity index is 1.44. The Hall–Kier alpha value is -2.12. The first-order valence-electron chi connectivity index (χ1n) is 8.58. The quantitative estimate of drug-likeness (QED) is 0.468. The molecule has 2 rings (SSSR count). The number of fused-ring (bicyclic) bond motifs is 1. The molecule has 0 amide bonds.